The van der Waals surface area contributed by atoms with E-state index in [4.69, 9.17) is 0 Å². The Morgan fingerprint density at radius 2 is 2.04 bits per heavy atom. The SMILES string of the molecule is Cc1cc(C)n(CC(=O)N2CCCN(Cc3csc(C)n3)CC2)n1. The number of thiazole rings is 1. The molecule has 0 aromatic carbocycles. The smallest absolute Gasteiger partial charge is 0.244 e. The summed E-state index contributed by atoms with van der Waals surface area (Å²) in [4.78, 5) is 21.5. The molecule has 7 heteroatoms. The second-order valence-corrected chi connectivity index (χ2v) is 7.52. The summed E-state index contributed by atoms with van der Waals surface area (Å²) in [5.41, 5.74) is 3.14. The minimum Gasteiger partial charge on any atom is -0.340 e. The van der Waals surface area contributed by atoms with Crippen molar-refractivity contribution in [1.82, 2.24) is 24.6 Å². The Balaban J connectivity index is 1.54. The molecular weight excluding hydrogens is 322 g/mol. The van der Waals surface area contributed by atoms with Gasteiger partial charge in [0.1, 0.15) is 6.54 Å². The molecule has 1 amide bonds. The van der Waals surface area contributed by atoms with Crippen molar-refractivity contribution in [1.29, 1.82) is 0 Å². The first-order valence-corrected chi connectivity index (χ1v) is 9.31. The van der Waals surface area contributed by atoms with Crippen LogP contribution in [-0.2, 0) is 17.9 Å². The fraction of sp³-hybridized carbons (Fsp3) is 0.588. The van der Waals surface area contributed by atoms with Crippen LogP contribution in [0.25, 0.3) is 0 Å². The van der Waals surface area contributed by atoms with Gasteiger partial charge in [0.15, 0.2) is 0 Å². The lowest BCUT2D eigenvalue weighted by Gasteiger charge is -2.22. The Morgan fingerprint density at radius 3 is 2.71 bits per heavy atom. The molecule has 1 aliphatic heterocycles. The van der Waals surface area contributed by atoms with Crippen molar-refractivity contribution in [3.63, 3.8) is 0 Å². The summed E-state index contributed by atoms with van der Waals surface area (Å²) in [5.74, 6) is 0.160. The monoisotopic (exact) mass is 347 g/mol. The van der Waals surface area contributed by atoms with Crippen LogP contribution in [0.1, 0.15) is 28.5 Å². The van der Waals surface area contributed by atoms with E-state index in [9.17, 15) is 4.79 Å². The zero-order chi connectivity index (χ0) is 17.1. The molecule has 0 N–H and O–H groups in total. The zero-order valence-corrected chi connectivity index (χ0v) is 15.5. The van der Waals surface area contributed by atoms with E-state index in [1.165, 1.54) is 0 Å². The van der Waals surface area contributed by atoms with Gasteiger partial charge in [-0.2, -0.15) is 5.10 Å². The highest BCUT2D eigenvalue weighted by Gasteiger charge is 2.20. The lowest BCUT2D eigenvalue weighted by atomic mass is 10.3. The molecule has 3 rings (SSSR count). The summed E-state index contributed by atoms with van der Waals surface area (Å²) in [7, 11) is 0. The van der Waals surface area contributed by atoms with E-state index in [1.807, 2.05) is 31.7 Å². The molecule has 1 saturated heterocycles. The number of nitrogens with zero attached hydrogens (tertiary/aromatic N) is 5. The first-order chi connectivity index (χ1) is 11.5. The van der Waals surface area contributed by atoms with Crippen molar-refractivity contribution in [3.05, 3.63) is 33.5 Å². The molecule has 1 fully saturated rings. The van der Waals surface area contributed by atoms with Gasteiger partial charge in [0.05, 0.1) is 16.4 Å². The molecule has 2 aromatic heterocycles. The van der Waals surface area contributed by atoms with Crippen LogP contribution >= 0.6 is 11.3 Å². The predicted molar refractivity (Wildman–Crippen MR) is 95.0 cm³/mol. The molecule has 0 radical (unpaired) electrons. The minimum absolute atomic E-state index is 0.160. The van der Waals surface area contributed by atoms with Crippen LogP contribution in [0, 0.1) is 20.8 Å². The van der Waals surface area contributed by atoms with Crippen molar-refractivity contribution in [3.8, 4) is 0 Å². The van der Waals surface area contributed by atoms with E-state index in [0.717, 1.165) is 61.2 Å². The second-order valence-electron chi connectivity index (χ2n) is 6.45. The number of aromatic nitrogens is 3. The van der Waals surface area contributed by atoms with Gasteiger partial charge >= 0.3 is 0 Å². The average Bonchev–Trinajstić information content (AvgIpc) is 2.97. The van der Waals surface area contributed by atoms with Crippen molar-refractivity contribution in [2.45, 2.75) is 40.3 Å². The highest BCUT2D eigenvalue weighted by Crippen LogP contribution is 2.13. The van der Waals surface area contributed by atoms with Gasteiger partial charge in [-0.3, -0.25) is 14.4 Å². The van der Waals surface area contributed by atoms with Crippen molar-refractivity contribution < 1.29 is 4.79 Å². The Morgan fingerprint density at radius 1 is 1.21 bits per heavy atom. The van der Waals surface area contributed by atoms with Crippen LogP contribution < -0.4 is 0 Å². The molecular formula is C17H25N5OS. The van der Waals surface area contributed by atoms with Crippen LogP contribution in [0.15, 0.2) is 11.4 Å². The molecule has 6 nitrogen and oxygen atoms in total. The lowest BCUT2D eigenvalue weighted by molar-refractivity contribution is -0.131. The Kier molecular flexibility index (Phi) is 5.30. The van der Waals surface area contributed by atoms with E-state index in [2.05, 4.69) is 20.4 Å². The zero-order valence-electron chi connectivity index (χ0n) is 14.7. The molecule has 0 unspecified atom stereocenters. The van der Waals surface area contributed by atoms with Crippen LogP contribution in [0.4, 0.5) is 0 Å². The molecule has 3 heterocycles. The largest absolute Gasteiger partial charge is 0.340 e. The Labute approximate surface area is 147 Å². The van der Waals surface area contributed by atoms with Gasteiger partial charge in [-0.15, -0.1) is 11.3 Å². The van der Waals surface area contributed by atoms with Crippen LogP contribution in [0.2, 0.25) is 0 Å². The van der Waals surface area contributed by atoms with Gasteiger partial charge < -0.3 is 4.90 Å². The molecule has 24 heavy (non-hydrogen) atoms. The van der Waals surface area contributed by atoms with Crippen molar-refractivity contribution in [2.24, 2.45) is 0 Å². The number of amides is 1. The highest BCUT2D eigenvalue weighted by molar-refractivity contribution is 7.09. The standard InChI is InChI=1S/C17H25N5OS/c1-13-9-14(2)22(19-13)11-17(23)21-6-4-5-20(7-8-21)10-16-12-24-15(3)18-16/h9,12H,4-8,10-11H2,1-3H3. The normalized spacial score (nSPS) is 16.4. The van der Waals surface area contributed by atoms with Gasteiger partial charge in [0, 0.05) is 43.8 Å². The van der Waals surface area contributed by atoms with E-state index in [0.29, 0.717) is 6.54 Å². The maximum absolute atomic E-state index is 12.6. The molecule has 0 spiro atoms. The van der Waals surface area contributed by atoms with E-state index < -0.39 is 0 Å². The lowest BCUT2D eigenvalue weighted by Crippen LogP contribution is -2.37. The molecule has 130 valence electrons. The average molecular weight is 347 g/mol. The maximum Gasteiger partial charge on any atom is 0.244 e. The number of aryl methyl sites for hydroxylation is 3. The first-order valence-electron chi connectivity index (χ1n) is 8.43. The fourth-order valence-corrected chi connectivity index (χ4v) is 3.76. The molecule has 0 saturated carbocycles. The van der Waals surface area contributed by atoms with Gasteiger partial charge in [0.25, 0.3) is 0 Å². The van der Waals surface area contributed by atoms with Crippen molar-refractivity contribution in [2.75, 3.05) is 26.2 Å². The minimum atomic E-state index is 0.160. The molecule has 1 aliphatic rings. The maximum atomic E-state index is 12.6. The number of carbonyl (C=O) groups excluding carboxylic acids is 1. The van der Waals surface area contributed by atoms with Crippen LogP contribution in [-0.4, -0.2) is 56.7 Å². The Hall–Kier alpha value is -1.73. The molecule has 0 bridgehead atoms. The number of rotatable bonds is 4. The second kappa shape index (κ2) is 7.44. The van der Waals surface area contributed by atoms with E-state index in [-0.39, 0.29) is 5.91 Å². The van der Waals surface area contributed by atoms with Gasteiger partial charge in [-0.1, -0.05) is 0 Å². The van der Waals surface area contributed by atoms with Gasteiger partial charge in [-0.25, -0.2) is 4.98 Å². The number of hydrogen-bond donors (Lipinski definition) is 0. The topological polar surface area (TPSA) is 54.3 Å². The van der Waals surface area contributed by atoms with Gasteiger partial charge in [-0.05, 0) is 33.3 Å². The first kappa shape index (κ1) is 17.1. The predicted octanol–water partition coefficient (Wildman–Crippen LogP) is 2.00. The van der Waals surface area contributed by atoms with Crippen LogP contribution in [0.5, 0.6) is 0 Å². The summed E-state index contributed by atoms with van der Waals surface area (Å²) < 4.78 is 1.80. The summed E-state index contributed by atoms with van der Waals surface area (Å²) in [6, 6.07) is 2.01. The number of hydrogen-bond acceptors (Lipinski definition) is 5. The summed E-state index contributed by atoms with van der Waals surface area (Å²) >= 11 is 1.70. The third-order valence-electron chi connectivity index (χ3n) is 4.38. The van der Waals surface area contributed by atoms with Crippen molar-refractivity contribution >= 4 is 17.2 Å². The summed E-state index contributed by atoms with van der Waals surface area (Å²) in [5, 5.41) is 7.64. The highest BCUT2D eigenvalue weighted by atomic mass is 32.1. The third kappa shape index (κ3) is 4.21. The summed E-state index contributed by atoms with van der Waals surface area (Å²) in [6.45, 7) is 10.7. The molecule has 2 aromatic rings. The number of carbonyl (C=O) groups is 1. The quantitative estimate of drug-likeness (QED) is 0.849. The summed E-state index contributed by atoms with van der Waals surface area (Å²) in [6.07, 6.45) is 1.01. The Bertz CT molecular complexity index is 708. The van der Waals surface area contributed by atoms with E-state index >= 15 is 0 Å². The van der Waals surface area contributed by atoms with Crippen LogP contribution in [0.3, 0.4) is 0 Å². The molecule has 0 atom stereocenters. The molecule has 0 aliphatic carbocycles. The third-order valence-corrected chi connectivity index (χ3v) is 5.20. The van der Waals surface area contributed by atoms with Gasteiger partial charge in [0.2, 0.25) is 5.91 Å². The van der Waals surface area contributed by atoms with E-state index in [1.54, 1.807) is 16.0 Å². The fourth-order valence-electron chi connectivity index (χ4n) is 3.15.